The third-order valence-corrected chi connectivity index (χ3v) is 5.90. The van der Waals surface area contributed by atoms with E-state index in [0.29, 0.717) is 43.6 Å². The molecule has 12 heteroatoms. The molecule has 3 heterocycles. The Morgan fingerprint density at radius 2 is 1.27 bits per heavy atom. The fourth-order valence-corrected chi connectivity index (χ4v) is 4.48. The summed E-state index contributed by atoms with van der Waals surface area (Å²) in [5.74, 6) is 0.533. The molecular weight excluding hydrogens is 422 g/mol. The van der Waals surface area contributed by atoms with Gasteiger partial charge >= 0.3 is 0 Å². The van der Waals surface area contributed by atoms with Gasteiger partial charge in [0.05, 0.1) is 0 Å². The lowest BCUT2D eigenvalue weighted by Gasteiger charge is -2.37. The lowest BCUT2D eigenvalue weighted by molar-refractivity contribution is -0.118. The number of aromatic nitrogens is 3. The van der Waals surface area contributed by atoms with Gasteiger partial charge in [0, 0.05) is 50.3 Å². The average Bonchev–Trinajstić information content (AvgIpc) is 2.76. The van der Waals surface area contributed by atoms with Crippen molar-refractivity contribution in [1.82, 2.24) is 15.0 Å². The quantitative estimate of drug-likeness (QED) is 0.288. The monoisotopic (exact) mass is 455 g/mol. The first-order valence-corrected chi connectivity index (χ1v) is 11.2. The largest absolute Gasteiger partial charge is 0.368 e. The van der Waals surface area contributed by atoms with Crippen molar-refractivity contribution in [2.24, 2.45) is 28.7 Å². The minimum Gasteiger partial charge on any atom is -0.368 e. The molecule has 2 aromatic rings. The van der Waals surface area contributed by atoms with Gasteiger partial charge in [-0.1, -0.05) is 30.3 Å². The molecule has 33 heavy (non-hydrogen) atoms. The Morgan fingerprint density at radius 1 is 0.818 bits per heavy atom. The van der Waals surface area contributed by atoms with Gasteiger partial charge in [-0.15, -0.1) is 0 Å². The van der Waals surface area contributed by atoms with Gasteiger partial charge in [-0.25, -0.2) is 0 Å². The molecule has 0 saturated carbocycles. The summed E-state index contributed by atoms with van der Waals surface area (Å²) < 4.78 is 0. The van der Waals surface area contributed by atoms with Crippen molar-refractivity contribution in [2.75, 3.05) is 41.3 Å². The van der Waals surface area contributed by atoms with Gasteiger partial charge in [-0.05, 0) is 18.4 Å². The first-order valence-electron chi connectivity index (χ1n) is 11.2. The maximum absolute atomic E-state index is 12.3. The zero-order chi connectivity index (χ0) is 23.5. The Balaban J connectivity index is 1.70. The number of hydrogen-bond acceptors (Lipinski definition) is 11. The second kappa shape index (κ2) is 9.83. The maximum atomic E-state index is 12.3. The number of anilines is 3. The van der Waals surface area contributed by atoms with Gasteiger partial charge in [-0.3, -0.25) is 4.79 Å². The topological polar surface area (TPSA) is 204 Å². The number of hydrogen-bond donors (Lipinski definition) is 6. The number of primary amides is 1. The van der Waals surface area contributed by atoms with Gasteiger partial charge in [0.2, 0.25) is 23.8 Å². The molecule has 1 amide bonds. The highest BCUT2D eigenvalue weighted by Crippen LogP contribution is 2.24. The number of nitrogens with one attached hydrogen (secondary N) is 1. The van der Waals surface area contributed by atoms with Crippen LogP contribution in [0.3, 0.4) is 0 Å². The van der Waals surface area contributed by atoms with Crippen molar-refractivity contribution in [3.05, 3.63) is 35.9 Å². The second-order valence-electron chi connectivity index (χ2n) is 8.97. The Labute approximate surface area is 192 Å². The standard InChI is InChI=1S/C21H33N11O/c22-13-6-14(23)9-31(8-13)20-28-19(27-17(18(26)33)12-4-2-1-3-5-12)29-21(30-20)32-10-15(24)7-16(25)11-32/h1-5,13-17H,6-11,22-25H2,(H2,26,33)(H,27,28,29,30)/t13-,14+,15-,16+,17?. The molecule has 0 aliphatic carbocycles. The van der Waals surface area contributed by atoms with Crippen molar-refractivity contribution >= 4 is 23.8 Å². The van der Waals surface area contributed by atoms with Crippen molar-refractivity contribution in [2.45, 2.75) is 43.1 Å². The van der Waals surface area contributed by atoms with E-state index in [1.54, 1.807) is 0 Å². The summed E-state index contributed by atoms with van der Waals surface area (Å²) >= 11 is 0. The lowest BCUT2D eigenvalue weighted by atomic mass is 10.0. The molecule has 2 fully saturated rings. The Kier molecular flexibility index (Phi) is 6.88. The number of rotatable bonds is 6. The number of amides is 1. The van der Waals surface area contributed by atoms with Gasteiger partial charge < -0.3 is 43.8 Å². The van der Waals surface area contributed by atoms with Gasteiger partial charge in [-0.2, -0.15) is 15.0 Å². The molecule has 178 valence electrons. The van der Waals surface area contributed by atoms with Crippen LogP contribution < -0.4 is 43.8 Å². The van der Waals surface area contributed by atoms with Crippen LogP contribution in [0.15, 0.2) is 30.3 Å². The molecule has 2 saturated heterocycles. The highest BCUT2D eigenvalue weighted by Gasteiger charge is 2.29. The number of piperidine rings is 2. The zero-order valence-corrected chi connectivity index (χ0v) is 18.5. The Morgan fingerprint density at radius 3 is 1.70 bits per heavy atom. The van der Waals surface area contributed by atoms with Crippen molar-refractivity contribution in [1.29, 1.82) is 0 Å². The van der Waals surface area contributed by atoms with E-state index in [0.717, 1.165) is 12.8 Å². The normalized spacial score (nSPS) is 26.7. The minimum absolute atomic E-state index is 0.0927. The molecule has 4 rings (SSSR count). The van der Waals surface area contributed by atoms with Gasteiger partial charge in [0.15, 0.2) is 0 Å². The third-order valence-electron chi connectivity index (χ3n) is 5.90. The van der Waals surface area contributed by atoms with Crippen molar-refractivity contribution < 1.29 is 4.79 Å². The zero-order valence-electron chi connectivity index (χ0n) is 18.5. The Hall–Kier alpha value is -3.06. The third kappa shape index (κ3) is 5.66. The molecule has 1 aromatic heterocycles. The average molecular weight is 456 g/mol. The van der Waals surface area contributed by atoms with Crippen molar-refractivity contribution in [3.8, 4) is 0 Å². The number of nitrogens with zero attached hydrogens (tertiary/aromatic N) is 5. The fourth-order valence-electron chi connectivity index (χ4n) is 4.48. The number of nitrogens with two attached hydrogens (primary N) is 5. The van der Waals surface area contributed by atoms with E-state index in [4.69, 9.17) is 33.7 Å². The van der Waals surface area contributed by atoms with E-state index >= 15 is 0 Å². The van der Waals surface area contributed by atoms with Crippen LogP contribution in [0.1, 0.15) is 24.4 Å². The highest BCUT2D eigenvalue weighted by atomic mass is 16.1. The number of carbonyl (C=O) groups is 1. The van der Waals surface area contributed by atoms with Crippen molar-refractivity contribution in [3.63, 3.8) is 0 Å². The van der Waals surface area contributed by atoms with Crippen LogP contribution in [0.4, 0.5) is 17.8 Å². The first-order chi connectivity index (χ1) is 15.8. The predicted octanol–water partition coefficient (Wildman–Crippen LogP) is -1.76. The van der Waals surface area contributed by atoms with Crippen LogP contribution in [-0.4, -0.2) is 71.2 Å². The predicted molar refractivity (Wildman–Crippen MR) is 127 cm³/mol. The van der Waals surface area contributed by atoms with E-state index in [1.807, 2.05) is 40.1 Å². The number of carbonyl (C=O) groups excluding carboxylic acids is 1. The van der Waals surface area contributed by atoms with Crippen LogP contribution >= 0.6 is 0 Å². The first kappa shape index (κ1) is 23.1. The molecule has 0 spiro atoms. The van der Waals surface area contributed by atoms with Gasteiger partial charge in [0.1, 0.15) is 6.04 Å². The van der Waals surface area contributed by atoms with E-state index in [1.165, 1.54) is 0 Å². The van der Waals surface area contributed by atoms with Crippen LogP contribution in [0.5, 0.6) is 0 Å². The summed E-state index contributed by atoms with van der Waals surface area (Å²) in [6.07, 6.45) is 1.46. The van der Waals surface area contributed by atoms with Crippen LogP contribution in [0, 0.1) is 0 Å². The van der Waals surface area contributed by atoms with E-state index in [2.05, 4.69) is 15.3 Å². The Bertz CT molecular complexity index is 894. The number of benzene rings is 1. The summed E-state index contributed by atoms with van der Waals surface area (Å²) in [5, 5.41) is 3.08. The smallest absolute Gasteiger partial charge is 0.244 e. The fraction of sp³-hybridized carbons (Fsp3) is 0.524. The lowest BCUT2D eigenvalue weighted by Crippen LogP contribution is -2.54. The second-order valence-corrected chi connectivity index (χ2v) is 8.97. The highest BCUT2D eigenvalue weighted by molar-refractivity contribution is 5.84. The van der Waals surface area contributed by atoms with Crippen LogP contribution in [0.2, 0.25) is 0 Å². The molecule has 1 unspecified atom stereocenters. The molecule has 2 aliphatic rings. The van der Waals surface area contributed by atoms with Crippen LogP contribution in [-0.2, 0) is 4.79 Å². The molecule has 0 radical (unpaired) electrons. The molecular formula is C21H33N11O. The SMILES string of the molecule is NC(=O)C(Nc1nc(N2C[C@H](N)C[C@H](N)C2)nc(N2C[C@H](N)C[C@H](N)C2)n1)c1ccccc1. The van der Waals surface area contributed by atoms with E-state index in [9.17, 15) is 4.79 Å². The molecule has 1 aromatic carbocycles. The summed E-state index contributed by atoms with van der Waals surface area (Å²) in [4.78, 5) is 30.0. The van der Waals surface area contributed by atoms with Gasteiger partial charge in [0.25, 0.3) is 0 Å². The summed E-state index contributed by atoms with van der Waals surface area (Å²) in [7, 11) is 0. The van der Waals surface area contributed by atoms with Crippen LogP contribution in [0.25, 0.3) is 0 Å². The van der Waals surface area contributed by atoms with E-state index < -0.39 is 11.9 Å². The summed E-state index contributed by atoms with van der Waals surface area (Å²) in [6, 6.07) is 7.99. The minimum atomic E-state index is -0.814. The molecule has 11 N–H and O–H groups in total. The maximum Gasteiger partial charge on any atom is 0.244 e. The molecule has 2 aliphatic heterocycles. The molecule has 5 atom stereocenters. The van der Waals surface area contributed by atoms with E-state index in [-0.39, 0.29) is 30.1 Å². The summed E-state index contributed by atoms with van der Waals surface area (Å²) in [5.41, 5.74) is 31.2. The molecule has 12 nitrogen and oxygen atoms in total. The summed E-state index contributed by atoms with van der Waals surface area (Å²) in [6.45, 7) is 2.25. The molecule has 0 bridgehead atoms.